The molecule has 6 heteroatoms. The van der Waals surface area contributed by atoms with Gasteiger partial charge in [0.1, 0.15) is 11.5 Å². The van der Waals surface area contributed by atoms with E-state index in [2.05, 4.69) is 6.58 Å². The van der Waals surface area contributed by atoms with E-state index in [0.717, 1.165) is 5.57 Å². The molecule has 0 radical (unpaired) electrons. The molecule has 0 spiro atoms. The number of rotatable bonds is 4. The Morgan fingerprint density at radius 2 is 1.23 bits per heavy atom. The first kappa shape index (κ1) is 15.8. The van der Waals surface area contributed by atoms with E-state index < -0.39 is 5.79 Å². The third-order valence-corrected chi connectivity index (χ3v) is 4.26. The van der Waals surface area contributed by atoms with Crippen molar-refractivity contribution in [2.24, 2.45) is 0 Å². The first-order chi connectivity index (χ1) is 10.4. The molecule has 0 aromatic heterocycles. The highest BCUT2D eigenvalue weighted by molar-refractivity contribution is 6.36. The van der Waals surface area contributed by atoms with Gasteiger partial charge in [-0.1, -0.05) is 53.0 Å². The molecule has 2 aromatic rings. The second-order valence-electron chi connectivity index (χ2n) is 4.89. The summed E-state index contributed by atoms with van der Waals surface area (Å²) in [4.78, 5) is 0. The maximum Gasteiger partial charge on any atom is 0.278 e. The predicted octanol–water partition coefficient (Wildman–Crippen LogP) is 6.41. The zero-order chi connectivity index (χ0) is 15.9. The monoisotopic (exact) mass is 374 g/mol. The summed E-state index contributed by atoms with van der Waals surface area (Å²) >= 11 is 24.0. The topological polar surface area (TPSA) is 18.5 Å². The van der Waals surface area contributed by atoms with Crippen LogP contribution in [0.25, 0.3) is 0 Å². The first-order valence-electron chi connectivity index (χ1n) is 6.36. The average molecular weight is 376 g/mol. The molecule has 0 atom stereocenters. The van der Waals surface area contributed by atoms with Crippen molar-refractivity contribution in [1.29, 1.82) is 0 Å². The summed E-state index contributed by atoms with van der Waals surface area (Å²) in [5, 5.41) is 1.86. The minimum absolute atomic E-state index is 0.400. The lowest BCUT2D eigenvalue weighted by atomic mass is 10.3. The van der Waals surface area contributed by atoms with Crippen LogP contribution in [0.3, 0.4) is 0 Å². The van der Waals surface area contributed by atoms with E-state index in [9.17, 15) is 0 Å². The molecule has 0 N–H and O–H groups in total. The zero-order valence-electron chi connectivity index (χ0n) is 11.2. The lowest BCUT2D eigenvalue weighted by Gasteiger charge is -2.21. The van der Waals surface area contributed by atoms with E-state index in [1.807, 2.05) is 0 Å². The van der Waals surface area contributed by atoms with Crippen molar-refractivity contribution in [1.82, 2.24) is 0 Å². The van der Waals surface area contributed by atoms with Crippen LogP contribution in [0.2, 0.25) is 20.1 Å². The normalized spacial score (nSPS) is 15.5. The smallest absolute Gasteiger partial charge is 0.278 e. The van der Waals surface area contributed by atoms with E-state index in [1.165, 1.54) is 0 Å². The van der Waals surface area contributed by atoms with E-state index in [4.69, 9.17) is 55.9 Å². The van der Waals surface area contributed by atoms with E-state index in [1.54, 1.807) is 36.4 Å². The average Bonchev–Trinajstić information content (AvgIpc) is 3.06. The van der Waals surface area contributed by atoms with Crippen LogP contribution in [0.5, 0.6) is 11.5 Å². The summed E-state index contributed by atoms with van der Waals surface area (Å²) in [6, 6.07) is 9.96. The lowest BCUT2D eigenvalue weighted by molar-refractivity contribution is -0.00804. The fraction of sp³-hybridized carbons (Fsp3) is 0.125. The second-order valence-corrected chi connectivity index (χ2v) is 6.57. The molecule has 0 unspecified atom stereocenters. The van der Waals surface area contributed by atoms with Crippen molar-refractivity contribution in [2.75, 3.05) is 0 Å². The number of ether oxygens (including phenoxy) is 2. The fourth-order valence-corrected chi connectivity index (χ4v) is 2.84. The second kappa shape index (κ2) is 5.86. The van der Waals surface area contributed by atoms with Crippen LogP contribution in [-0.4, -0.2) is 5.79 Å². The van der Waals surface area contributed by atoms with Gasteiger partial charge in [-0.15, -0.1) is 0 Å². The van der Waals surface area contributed by atoms with Gasteiger partial charge in [0.15, 0.2) is 0 Å². The summed E-state index contributed by atoms with van der Waals surface area (Å²) in [7, 11) is 0. The molecule has 1 saturated carbocycles. The van der Waals surface area contributed by atoms with Gasteiger partial charge in [-0.2, -0.15) is 0 Å². The van der Waals surface area contributed by atoms with Crippen LogP contribution >= 0.6 is 46.4 Å². The Balaban J connectivity index is 1.85. The van der Waals surface area contributed by atoms with Gasteiger partial charge >= 0.3 is 0 Å². The largest absolute Gasteiger partial charge is 0.447 e. The number of halogens is 4. The SMILES string of the molecule is C=C1CC1(Oc1ccc(Cl)cc1Cl)Oc1ccc(Cl)cc1Cl. The standard InChI is InChI=1S/C16H10Cl4O2/c1-9-8-16(9,21-14-4-2-10(17)6-12(14)19)22-15-5-3-11(18)7-13(15)20/h2-7H,1,8H2. The molecule has 0 aliphatic heterocycles. The highest BCUT2D eigenvalue weighted by Crippen LogP contribution is 2.49. The summed E-state index contributed by atoms with van der Waals surface area (Å²) in [5.41, 5.74) is 0.796. The number of hydrogen-bond acceptors (Lipinski definition) is 2. The van der Waals surface area contributed by atoms with E-state index >= 15 is 0 Å². The molecule has 2 aromatic carbocycles. The van der Waals surface area contributed by atoms with Crippen LogP contribution in [0.4, 0.5) is 0 Å². The molecular weight excluding hydrogens is 366 g/mol. The molecule has 0 heterocycles. The highest BCUT2D eigenvalue weighted by Gasteiger charge is 2.54. The maximum absolute atomic E-state index is 6.13. The Morgan fingerprint density at radius 3 is 1.55 bits per heavy atom. The predicted molar refractivity (Wildman–Crippen MR) is 90.7 cm³/mol. The van der Waals surface area contributed by atoms with Crippen molar-refractivity contribution < 1.29 is 9.47 Å². The Kier molecular flexibility index (Phi) is 4.21. The Bertz CT molecular complexity index is 704. The maximum atomic E-state index is 6.13. The zero-order valence-corrected chi connectivity index (χ0v) is 14.2. The van der Waals surface area contributed by atoms with Gasteiger partial charge < -0.3 is 9.47 Å². The van der Waals surface area contributed by atoms with Crippen LogP contribution in [-0.2, 0) is 0 Å². The Morgan fingerprint density at radius 1 is 0.818 bits per heavy atom. The van der Waals surface area contributed by atoms with Crippen LogP contribution in [0.15, 0.2) is 48.6 Å². The molecule has 3 rings (SSSR count). The molecule has 1 fully saturated rings. The molecule has 1 aliphatic carbocycles. The molecule has 0 bridgehead atoms. The Labute approximate surface area is 148 Å². The number of hydrogen-bond donors (Lipinski definition) is 0. The van der Waals surface area contributed by atoms with Crippen LogP contribution < -0.4 is 9.47 Å². The van der Waals surface area contributed by atoms with Crippen LogP contribution in [0.1, 0.15) is 6.42 Å². The summed E-state index contributed by atoms with van der Waals surface area (Å²) in [5.74, 6) is -0.0285. The Hall–Kier alpha value is -1.06. The lowest BCUT2D eigenvalue weighted by Crippen LogP contribution is -2.26. The van der Waals surface area contributed by atoms with Gasteiger partial charge in [0.25, 0.3) is 5.79 Å². The van der Waals surface area contributed by atoms with Crippen molar-refractivity contribution in [3.8, 4) is 11.5 Å². The van der Waals surface area contributed by atoms with Crippen molar-refractivity contribution in [3.05, 3.63) is 68.6 Å². The molecule has 0 amide bonds. The number of benzene rings is 2. The quantitative estimate of drug-likeness (QED) is 0.453. The van der Waals surface area contributed by atoms with Gasteiger partial charge in [-0.3, -0.25) is 0 Å². The minimum atomic E-state index is -0.963. The van der Waals surface area contributed by atoms with Crippen LogP contribution in [0, 0.1) is 0 Å². The first-order valence-corrected chi connectivity index (χ1v) is 7.87. The molecule has 22 heavy (non-hydrogen) atoms. The van der Waals surface area contributed by atoms with Crippen molar-refractivity contribution in [2.45, 2.75) is 12.2 Å². The molecule has 1 aliphatic rings. The third kappa shape index (κ3) is 3.16. The summed E-state index contributed by atoms with van der Waals surface area (Å²) in [6.07, 6.45) is 0.547. The molecular formula is C16H10Cl4O2. The summed E-state index contributed by atoms with van der Waals surface area (Å²) < 4.78 is 11.8. The van der Waals surface area contributed by atoms with Gasteiger partial charge in [-0.25, -0.2) is 0 Å². The third-order valence-electron chi connectivity index (χ3n) is 3.20. The highest BCUT2D eigenvalue weighted by atomic mass is 35.5. The van der Waals surface area contributed by atoms with Gasteiger partial charge in [0.05, 0.1) is 16.5 Å². The molecule has 2 nitrogen and oxygen atoms in total. The van der Waals surface area contributed by atoms with Gasteiger partial charge in [-0.05, 0) is 36.4 Å². The van der Waals surface area contributed by atoms with Gasteiger partial charge in [0.2, 0.25) is 0 Å². The minimum Gasteiger partial charge on any atom is -0.447 e. The van der Waals surface area contributed by atoms with Crippen molar-refractivity contribution in [3.63, 3.8) is 0 Å². The van der Waals surface area contributed by atoms with E-state index in [-0.39, 0.29) is 0 Å². The van der Waals surface area contributed by atoms with Crippen molar-refractivity contribution >= 4 is 46.4 Å². The molecule has 114 valence electrons. The fourth-order valence-electron chi connectivity index (χ4n) is 1.95. The summed E-state index contributed by atoms with van der Waals surface area (Å²) in [6.45, 7) is 3.92. The van der Waals surface area contributed by atoms with Gasteiger partial charge in [0, 0.05) is 15.6 Å². The van der Waals surface area contributed by atoms with E-state index in [0.29, 0.717) is 38.0 Å². The molecule has 0 saturated heterocycles.